The van der Waals surface area contributed by atoms with Crippen LogP contribution < -0.4 is 10.6 Å². The maximum atomic E-state index is 13.3. The van der Waals surface area contributed by atoms with Crippen molar-refractivity contribution in [2.45, 2.75) is 44.6 Å². The van der Waals surface area contributed by atoms with Crippen molar-refractivity contribution in [3.63, 3.8) is 0 Å². The Labute approximate surface area is 166 Å². The number of benzene rings is 1. The fourth-order valence-electron chi connectivity index (χ4n) is 3.95. The first-order valence-corrected chi connectivity index (χ1v) is 10.6. The van der Waals surface area contributed by atoms with Crippen LogP contribution in [0.25, 0.3) is 11.0 Å². The molecule has 1 amide bonds. The summed E-state index contributed by atoms with van der Waals surface area (Å²) < 4.78 is 1.81. The molecule has 2 aliphatic rings. The number of aromatic amines is 1. The Bertz CT molecular complexity index is 1110. The fourth-order valence-corrected chi connectivity index (χ4v) is 5.10. The lowest BCUT2D eigenvalue weighted by atomic mass is 10.0. The number of thiazole rings is 1. The van der Waals surface area contributed by atoms with E-state index in [0.29, 0.717) is 23.7 Å². The molecule has 144 valence electrons. The largest absolute Gasteiger partial charge is 0.326 e. The molecule has 0 bridgehead atoms. The predicted octanol–water partition coefficient (Wildman–Crippen LogP) is 3.83. The van der Waals surface area contributed by atoms with Crippen LogP contribution in [0.15, 0.2) is 35.6 Å². The Kier molecular flexibility index (Phi) is 4.19. The average Bonchev–Trinajstić information content (AvgIpc) is 3.34. The van der Waals surface area contributed by atoms with Gasteiger partial charge in [0.1, 0.15) is 0 Å². The lowest BCUT2D eigenvalue weighted by Gasteiger charge is -2.18. The molecule has 0 aliphatic heterocycles. The Balaban J connectivity index is 1.51. The van der Waals surface area contributed by atoms with Crippen molar-refractivity contribution in [1.82, 2.24) is 14.5 Å². The molecule has 1 saturated carbocycles. The van der Waals surface area contributed by atoms with Gasteiger partial charge in [-0.1, -0.05) is 6.08 Å². The standard InChI is InChI=1S/C21H22N4O2S/c1-2-11-24(21-23-15-5-3-4-6-18(15)28-21)19(26)13-7-10-17-16(12-13)22-20(27)25(17)14-8-9-14/h2,7,10,12,14H,1,3-6,8-9,11H2,(H,22,27). The van der Waals surface area contributed by atoms with Gasteiger partial charge in [-0.15, -0.1) is 17.9 Å². The molecule has 28 heavy (non-hydrogen) atoms. The Morgan fingerprint density at radius 3 is 2.93 bits per heavy atom. The number of hydrogen-bond donors (Lipinski definition) is 1. The van der Waals surface area contributed by atoms with Crippen LogP contribution in [0.4, 0.5) is 5.13 Å². The molecule has 7 heteroatoms. The van der Waals surface area contributed by atoms with Crippen LogP contribution in [0.1, 0.15) is 52.7 Å². The van der Waals surface area contributed by atoms with Gasteiger partial charge in [0.2, 0.25) is 0 Å². The molecule has 0 saturated heterocycles. The van der Waals surface area contributed by atoms with Gasteiger partial charge in [0, 0.05) is 23.0 Å². The minimum Gasteiger partial charge on any atom is -0.306 e. The number of amides is 1. The summed E-state index contributed by atoms with van der Waals surface area (Å²) in [4.78, 5) is 36.2. The van der Waals surface area contributed by atoms with Gasteiger partial charge in [-0.2, -0.15) is 0 Å². The molecule has 2 heterocycles. The van der Waals surface area contributed by atoms with E-state index in [1.165, 1.54) is 11.3 Å². The number of aryl methyl sites for hydroxylation is 2. The van der Waals surface area contributed by atoms with E-state index in [9.17, 15) is 9.59 Å². The van der Waals surface area contributed by atoms with Crippen LogP contribution in [0.2, 0.25) is 0 Å². The number of anilines is 1. The first-order chi connectivity index (χ1) is 13.7. The van der Waals surface area contributed by atoms with Crippen molar-refractivity contribution in [1.29, 1.82) is 0 Å². The normalized spacial score (nSPS) is 16.1. The molecule has 0 spiro atoms. The summed E-state index contributed by atoms with van der Waals surface area (Å²) in [6, 6.07) is 5.75. The van der Waals surface area contributed by atoms with Gasteiger partial charge in [-0.3, -0.25) is 14.3 Å². The molecular weight excluding hydrogens is 372 g/mol. The minimum absolute atomic E-state index is 0.0994. The number of nitrogens with zero attached hydrogens (tertiary/aromatic N) is 3. The highest BCUT2D eigenvalue weighted by molar-refractivity contribution is 7.16. The number of carbonyl (C=O) groups excluding carboxylic acids is 1. The predicted molar refractivity (Wildman–Crippen MR) is 111 cm³/mol. The molecule has 0 atom stereocenters. The number of rotatable bonds is 5. The molecule has 6 nitrogen and oxygen atoms in total. The molecule has 5 rings (SSSR count). The van der Waals surface area contributed by atoms with Crippen molar-refractivity contribution in [2.75, 3.05) is 11.4 Å². The van der Waals surface area contributed by atoms with Gasteiger partial charge in [0.15, 0.2) is 5.13 Å². The molecule has 2 aliphatic carbocycles. The molecule has 2 aromatic heterocycles. The van der Waals surface area contributed by atoms with Crippen LogP contribution in [0, 0.1) is 0 Å². The smallest absolute Gasteiger partial charge is 0.306 e. The summed E-state index contributed by atoms with van der Waals surface area (Å²) in [5.41, 5.74) is 3.16. The molecule has 1 N–H and O–H groups in total. The SMILES string of the molecule is C=CCN(C(=O)c1ccc2c(c1)[nH]c(=O)n2C1CC1)c1nc2c(s1)CCCC2. The first kappa shape index (κ1) is 17.4. The number of aromatic nitrogens is 3. The fraction of sp³-hybridized carbons (Fsp3) is 0.381. The number of imidazole rings is 1. The Morgan fingerprint density at radius 2 is 2.18 bits per heavy atom. The Hall–Kier alpha value is -2.67. The van der Waals surface area contributed by atoms with E-state index in [1.807, 2.05) is 6.07 Å². The zero-order chi connectivity index (χ0) is 19.3. The summed E-state index contributed by atoms with van der Waals surface area (Å²) in [6.07, 6.45) is 8.18. The number of H-pyrrole nitrogens is 1. The first-order valence-electron chi connectivity index (χ1n) is 9.81. The third-order valence-electron chi connectivity index (χ3n) is 5.50. The number of carbonyl (C=O) groups is 1. The maximum Gasteiger partial charge on any atom is 0.326 e. The summed E-state index contributed by atoms with van der Waals surface area (Å²) in [7, 11) is 0. The van der Waals surface area contributed by atoms with E-state index in [4.69, 9.17) is 4.98 Å². The van der Waals surface area contributed by atoms with E-state index in [1.54, 1.807) is 39.0 Å². The monoisotopic (exact) mass is 394 g/mol. The second-order valence-electron chi connectivity index (χ2n) is 7.54. The molecule has 1 aromatic carbocycles. The Morgan fingerprint density at radius 1 is 1.36 bits per heavy atom. The number of fused-ring (bicyclic) bond motifs is 2. The van der Waals surface area contributed by atoms with Crippen molar-refractivity contribution in [3.8, 4) is 0 Å². The van der Waals surface area contributed by atoms with Gasteiger partial charge >= 0.3 is 5.69 Å². The quantitative estimate of drug-likeness (QED) is 0.669. The van der Waals surface area contributed by atoms with Crippen molar-refractivity contribution < 1.29 is 4.79 Å². The van der Waals surface area contributed by atoms with E-state index in [2.05, 4.69) is 11.6 Å². The molecule has 3 aromatic rings. The van der Waals surface area contributed by atoms with Crippen LogP contribution in [0.5, 0.6) is 0 Å². The van der Waals surface area contributed by atoms with E-state index >= 15 is 0 Å². The van der Waals surface area contributed by atoms with Crippen LogP contribution in [0.3, 0.4) is 0 Å². The molecule has 0 unspecified atom stereocenters. The van der Waals surface area contributed by atoms with Crippen molar-refractivity contribution >= 4 is 33.4 Å². The lowest BCUT2D eigenvalue weighted by Crippen LogP contribution is -2.31. The third kappa shape index (κ3) is 2.90. The number of hydrogen-bond acceptors (Lipinski definition) is 4. The van der Waals surface area contributed by atoms with Crippen LogP contribution in [-0.2, 0) is 12.8 Å². The van der Waals surface area contributed by atoms with E-state index in [0.717, 1.165) is 48.4 Å². The second-order valence-corrected chi connectivity index (χ2v) is 8.60. The maximum absolute atomic E-state index is 13.3. The lowest BCUT2D eigenvalue weighted by molar-refractivity contribution is 0.0990. The number of nitrogens with one attached hydrogen (secondary N) is 1. The third-order valence-corrected chi connectivity index (χ3v) is 6.68. The van der Waals surface area contributed by atoms with Gasteiger partial charge in [-0.25, -0.2) is 9.78 Å². The average molecular weight is 395 g/mol. The van der Waals surface area contributed by atoms with Crippen LogP contribution in [-0.4, -0.2) is 27.0 Å². The van der Waals surface area contributed by atoms with Gasteiger partial charge in [0.05, 0.1) is 16.7 Å². The zero-order valence-corrected chi connectivity index (χ0v) is 16.4. The summed E-state index contributed by atoms with van der Waals surface area (Å²) in [5.74, 6) is -0.118. The van der Waals surface area contributed by atoms with E-state index < -0.39 is 0 Å². The van der Waals surface area contributed by atoms with Gasteiger partial charge in [0.25, 0.3) is 5.91 Å². The minimum atomic E-state index is -0.118. The molecule has 0 radical (unpaired) electrons. The van der Waals surface area contributed by atoms with Crippen molar-refractivity contribution in [3.05, 3.63) is 57.5 Å². The summed E-state index contributed by atoms with van der Waals surface area (Å²) in [5, 5.41) is 0.737. The highest BCUT2D eigenvalue weighted by Crippen LogP contribution is 2.36. The van der Waals surface area contributed by atoms with Crippen molar-refractivity contribution in [2.24, 2.45) is 0 Å². The topological polar surface area (TPSA) is 71.0 Å². The van der Waals surface area contributed by atoms with Crippen LogP contribution >= 0.6 is 11.3 Å². The summed E-state index contributed by atoms with van der Waals surface area (Å²) >= 11 is 1.61. The highest BCUT2D eigenvalue weighted by atomic mass is 32.1. The summed E-state index contributed by atoms with van der Waals surface area (Å²) in [6.45, 7) is 4.21. The highest BCUT2D eigenvalue weighted by Gasteiger charge is 2.28. The second kappa shape index (κ2) is 6.74. The zero-order valence-electron chi connectivity index (χ0n) is 15.6. The van der Waals surface area contributed by atoms with Gasteiger partial charge in [-0.05, 0) is 56.7 Å². The van der Waals surface area contributed by atoms with Gasteiger partial charge < -0.3 is 4.98 Å². The molecular formula is C21H22N4O2S. The van der Waals surface area contributed by atoms with E-state index in [-0.39, 0.29) is 11.6 Å². The molecule has 1 fully saturated rings.